The summed E-state index contributed by atoms with van der Waals surface area (Å²) in [5, 5.41) is 2.99. The maximum absolute atomic E-state index is 9.56. The molecule has 0 radical (unpaired) electrons. The van der Waals surface area contributed by atoms with Crippen molar-refractivity contribution in [1.82, 2.24) is 0 Å². The van der Waals surface area contributed by atoms with Crippen molar-refractivity contribution in [2.45, 2.75) is 6.42 Å². The van der Waals surface area contributed by atoms with Gasteiger partial charge < -0.3 is 4.84 Å². The van der Waals surface area contributed by atoms with Crippen LogP contribution in [0, 0.1) is 4.91 Å². The number of halogens is 1. The lowest BCUT2D eigenvalue weighted by Crippen LogP contribution is -1.92. The number of nitrogens with zero attached hydrogens (tertiary/aromatic N) is 1. The Hall–Kier alpha value is -1.09. The molecule has 0 fully saturated rings. The average Bonchev–Trinajstić information content (AvgIpc) is 2.09. The quantitative estimate of drug-likeness (QED) is 0.411. The highest BCUT2D eigenvalue weighted by molar-refractivity contribution is 6.30. The molecule has 0 aliphatic carbocycles. The van der Waals surface area contributed by atoms with Gasteiger partial charge in [-0.05, 0) is 17.7 Å². The first-order valence-electron chi connectivity index (χ1n) is 3.52. The Morgan fingerprint density at radius 3 is 2.58 bits per heavy atom. The summed E-state index contributed by atoms with van der Waals surface area (Å²) in [6.07, 6.45) is 0.670. The summed E-state index contributed by atoms with van der Waals surface area (Å²) >= 11 is 5.67. The first-order chi connectivity index (χ1) is 5.83. The summed E-state index contributed by atoms with van der Waals surface area (Å²) in [5.41, 5.74) is 1.07. The van der Waals surface area contributed by atoms with Gasteiger partial charge in [0.2, 0.25) is 0 Å². The van der Waals surface area contributed by atoms with Crippen molar-refractivity contribution in [2.75, 3.05) is 6.61 Å². The third-order valence-corrected chi connectivity index (χ3v) is 1.70. The molecule has 12 heavy (non-hydrogen) atoms. The van der Waals surface area contributed by atoms with Crippen molar-refractivity contribution < 1.29 is 4.84 Å². The largest absolute Gasteiger partial charge is 0.364 e. The van der Waals surface area contributed by atoms with Crippen LogP contribution in [0.2, 0.25) is 5.02 Å². The molecule has 0 saturated carbocycles. The maximum Gasteiger partial charge on any atom is 0.155 e. The van der Waals surface area contributed by atoms with E-state index in [4.69, 9.17) is 11.6 Å². The first kappa shape index (κ1) is 9.00. The number of rotatable bonds is 4. The standard InChI is InChI=1S/C8H8ClNO2/c9-8-3-1-7(2-4-8)5-6-12-10-11/h1-4H,5-6H2. The molecule has 0 aliphatic heterocycles. The lowest BCUT2D eigenvalue weighted by molar-refractivity contribution is 0.143. The topological polar surface area (TPSA) is 38.7 Å². The Labute approximate surface area is 75.2 Å². The molecule has 0 aliphatic rings. The number of hydrogen-bond acceptors (Lipinski definition) is 3. The molecule has 0 atom stereocenters. The summed E-state index contributed by atoms with van der Waals surface area (Å²) in [5.74, 6) is 0. The highest BCUT2D eigenvalue weighted by atomic mass is 35.5. The Balaban J connectivity index is 2.42. The van der Waals surface area contributed by atoms with E-state index in [9.17, 15) is 4.91 Å². The van der Waals surface area contributed by atoms with Crippen LogP contribution in [-0.2, 0) is 11.3 Å². The monoisotopic (exact) mass is 185 g/mol. The Morgan fingerprint density at radius 1 is 1.33 bits per heavy atom. The van der Waals surface area contributed by atoms with Crippen LogP contribution in [0.4, 0.5) is 0 Å². The van der Waals surface area contributed by atoms with Gasteiger partial charge in [-0.25, -0.2) is 0 Å². The van der Waals surface area contributed by atoms with Crippen LogP contribution in [-0.4, -0.2) is 6.61 Å². The van der Waals surface area contributed by atoms with E-state index in [-0.39, 0.29) is 0 Å². The van der Waals surface area contributed by atoms with Crippen LogP contribution in [0.1, 0.15) is 5.56 Å². The molecular formula is C8H8ClNO2. The normalized spacial score (nSPS) is 9.42. The minimum absolute atomic E-state index is 0.311. The van der Waals surface area contributed by atoms with Gasteiger partial charge >= 0.3 is 0 Å². The fourth-order valence-corrected chi connectivity index (χ4v) is 0.978. The van der Waals surface area contributed by atoms with E-state index >= 15 is 0 Å². The molecule has 0 heterocycles. The van der Waals surface area contributed by atoms with Crippen molar-refractivity contribution >= 4 is 11.6 Å². The van der Waals surface area contributed by atoms with Gasteiger partial charge in [0.05, 0.1) is 0 Å². The van der Waals surface area contributed by atoms with Gasteiger partial charge in [-0.1, -0.05) is 23.7 Å². The van der Waals surface area contributed by atoms with E-state index in [0.717, 1.165) is 5.56 Å². The molecule has 1 aromatic rings. The highest BCUT2D eigenvalue weighted by Gasteiger charge is 1.93. The molecule has 64 valence electrons. The van der Waals surface area contributed by atoms with Crippen LogP contribution in [0.5, 0.6) is 0 Å². The highest BCUT2D eigenvalue weighted by Crippen LogP contribution is 2.09. The van der Waals surface area contributed by atoms with Crippen molar-refractivity contribution in [3.8, 4) is 0 Å². The second kappa shape index (κ2) is 4.72. The molecule has 1 aromatic carbocycles. The predicted octanol–water partition coefficient (Wildman–Crippen LogP) is 2.58. The Kier molecular flexibility index (Phi) is 3.54. The van der Waals surface area contributed by atoms with Crippen molar-refractivity contribution in [3.63, 3.8) is 0 Å². The van der Waals surface area contributed by atoms with E-state index < -0.39 is 0 Å². The molecule has 1 rings (SSSR count). The smallest absolute Gasteiger partial charge is 0.155 e. The zero-order valence-electron chi connectivity index (χ0n) is 6.37. The van der Waals surface area contributed by atoms with E-state index in [2.05, 4.69) is 10.2 Å². The van der Waals surface area contributed by atoms with Crippen LogP contribution in [0.15, 0.2) is 29.6 Å². The number of hydrogen-bond donors (Lipinski definition) is 0. The summed E-state index contributed by atoms with van der Waals surface area (Å²) in [6.45, 7) is 0.311. The van der Waals surface area contributed by atoms with Crippen LogP contribution in [0.3, 0.4) is 0 Å². The lowest BCUT2D eigenvalue weighted by Gasteiger charge is -1.97. The van der Waals surface area contributed by atoms with Crippen LogP contribution >= 0.6 is 11.6 Å². The second-order valence-corrected chi connectivity index (χ2v) is 2.72. The third-order valence-electron chi connectivity index (χ3n) is 1.45. The van der Waals surface area contributed by atoms with Gasteiger partial charge in [0.25, 0.3) is 0 Å². The molecule has 0 aromatic heterocycles. The van der Waals surface area contributed by atoms with Gasteiger partial charge in [-0.15, -0.1) is 4.91 Å². The molecule has 3 nitrogen and oxygen atoms in total. The fraction of sp³-hybridized carbons (Fsp3) is 0.250. The SMILES string of the molecule is O=NOCCc1ccc(Cl)cc1. The van der Waals surface area contributed by atoms with Gasteiger partial charge in [-0.3, -0.25) is 0 Å². The van der Waals surface area contributed by atoms with Gasteiger partial charge in [0.1, 0.15) is 6.61 Å². The maximum atomic E-state index is 9.56. The first-order valence-corrected chi connectivity index (χ1v) is 3.90. The van der Waals surface area contributed by atoms with Crippen LogP contribution < -0.4 is 0 Å². The molecule has 0 N–H and O–H groups in total. The molecule has 4 heteroatoms. The molecule has 0 bridgehead atoms. The van der Waals surface area contributed by atoms with Gasteiger partial charge in [0, 0.05) is 11.4 Å². The molecule has 0 spiro atoms. The summed E-state index contributed by atoms with van der Waals surface area (Å²) < 4.78 is 0. The fourth-order valence-electron chi connectivity index (χ4n) is 0.852. The zero-order valence-corrected chi connectivity index (χ0v) is 7.12. The summed E-state index contributed by atoms with van der Waals surface area (Å²) in [4.78, 5) is 13.9. The zero-order chi connectivity index (χ0) is 8.81. The minimum Gasteiger partial charge on any atom is -0.364 e. The molecular weight excluding hydrogens is 178 g/mol. The number of benzene rings is 1. The summed E-state index contributed by atoms with van der Waals surface area (Å²) in [7, 11) is 0. The summed E-state index contributed by atoms with van der Waals surface area (Å²) in [6, 6.07) is 7.36. The van der Waals surface area contributed by atoms with E-state index in [0.29, 0.717) is 18.1 Å². The Bertz CT molecular complexity index is 248. The van der Waals surface area contributed by atoms with Gasteiger partial charge in [-0.2, -0.15) is 0 Å². The van der Waals surface area contributed by atoms with Gasteiger partial charge in [0.15, 0.2) is 5.34 Å². The van der Waals surface area contributed by atoms with E-state index in [1.807, 2.05) is 12.1 Å². The average molecular weight is 186 g/mol. The molecule has 0 saturated heterocycles. The van der Waals surface area contributed by atoms with Crippen molar-refractivity contribution in [3.05, 3.63) is 39.8 Å². The molecule has 0 amide bonds. The second-order valence-electron chi connectivity index (χ2n) is 2.28. The van der Waals surface area contributed by atoms with Crippen molar-refractivity contribution in [1.29, 1.82) is 0 Å². The van der Waals surface area contributed by atoms with Crippen molar-refractivity contribution in [2.24, 2.45) is 5.34 Å². The minimum atomic E-state index is 0.311. The molecule has 0 unspecified atom stereocenters. The predicted molar refractivity (Wildman–Crippen MR) is 46.9 cm³/mol. The van der Waals surface area contributed by atoms with E-state index in [1.54, 1.807) is 12.1 Å². The van der Waals surface area contributed by atoms with E-state index in [1.165, 1.54) is 0 Å². The van der Waals surface area contributed by atoms with Crippen LogP contribution in [0.25, 0.3) is 0 Å². The Morgan fingerprint density at radius 2 is 2.00 bits per heavy atom. The third kappa shape index (κ3) is 2.88. The lowest BCUT2D eigenvalue weighted by atomic mass is 10.2.